The van der Waals surface area contributed by atoms with Crippen LogP contribution in [0.1, 0.15) is 31.2 Å². The number of hydrogen-bond acceptors (Lipinski definition) is 4. The van der Waals surface area contributed by atoms with E-state index >= 15 is 0 Å². The lowest BCUT2D eigenvalue weighted by atomic mass is 9.92. The van der Waals surface area contributed by atoms with Gasteiger partial charge in [-0.3, -0.25) is 0 Å². The van der Waals surface area contributed by atoms with Gasteiger partial charge in [0.2, 0.25) is 0 Å². The predicted molar refractivity (Wildman–Crippen MR) is 95.5 cm³/mol. The van der Waals surface area contributed by atoms with Crippen LogP contribution in [0.4, 0.5) is 0 Å². The van der Waals surface area contributed by atoms with Crippen LogP contribution < -0.4 is 11.1 Å². The van der Waals surface area contributed by atoms with E-state index in [-0.39, 0.29) is 0 Å². The monoisotopic (exact) mass is 321 g/mol. The summed E-state index contributed by atoms with van der Waals surface area (Å²) in [5.74, 6) is 0. The first-order valence-corrected chi connectivity index (χ1v) is 8.66. The van der Waals surface area contributed by atoms with E-state index in [1.165, 1.54) is 0 Å². The zero-order chi connectivity index (χ0) is 16.4. The summed E-state index contributed by atoms with van der Waals surface area (Å²) in [4.78, 5) is 4.63. The summed E-state index contributed by atoms with van der Waals surface area (Å²) < 4.78 is 1.87. The van der Waals surface area contributed by atoms with Crippen molar-refractivity contribution in [2.24, 2.45) is 5.73 Å². The lowest BCUT2D eigenvalue weighted by molar-refractivity contribution is 0.341. The number of nitrogens with one attached hydrogen (secondary N) is 1. The summed E-state index contributed by atoms with van der Waals surface area (Å²) in [6.07, 6.45) is 10.5. The molecule has 3 N–H and O–H groups in total. The molecule has 5 heteroatoms. The molecule has 1 saturated carbocycles. The van der Waals surface area contributed by atoms with Gasteiger partial charge in [-0.25, -0.2) is 9.50 Å². The molecule has 4 rings (SSSR count). The number of rotatable bonds is 4. The molecule has 0 bridgehead atoms. The minimum Gasteiger partial charge on any atom is -0.328 e. The second kappa shape index (κ2) is 6.71. The maximum Gasteiger partial charge on any atom is 0.162 e. The van der Waals surface area contributed by atoms with Crippen molar-refractivity contribution in [2.75, 3.05) is 0 Å². The standard InChI is InChI=1S/C19H23N5/c20-16-6-8-17(9-7-16)21-10-14-11-22-19-18(12-23-24(19)13-14)15-4-2-1-3-5-15/h1-5,11-13,16-17,21H,6-10,20H2. The van der Waals surface area contributed by atoms with Crippen LogP contribution in [0.3, 0.4) is 0 Å². The van der Waals surface area contributed by atoms with Gasteiger partial charge < -0.3 is 11.1 Å². The van der Waals surface area contributed by atoms with Gasteiger partial charge in [0.15, 0.2) is 5.65 Å². The molecule has 0 saturated heterocycles. The molecule has 1 aromatic carbocycles. The van der Waals surface area contributed by atoms with Gasteiger partial charge in [0.25, 0.3) is 0 Å². The summed E-state index contributed by atoms with van der Waals surface area (Å²) in [5, 5.41) is 8.10. The summed E-state index contributed by atoms with van der Waals surface area (Å²) in [6.45, 7) is 0.823. The zero-order valence-electron chi connectivity index (χ0n) is 13.7. The van der Waals surface area contributed by atoms with Crippen molar-refractivity contribution in [3.05, 3.63) is 54.5 Å². The van der Waals surface area contributed by atoms with Crippen LogP contribution in [-0.2, 0) is 6.54 Å². The lowest BCUT2D eigenvalue weighted by Crippen LogP contribution is -2.37. The van der Waals surface area contributed by atoms with Crippen molar-refractivity contribution in [3.8, 4) is 11.1 Å². The molecule has 2 aromatic heterocycles. The van der Waals surface area contributed by atoms with E-state index in [1.54, 1.807) is 0 Å². The minimum atomic E-state index is 0.390. The third-order valence-electron chi connectivity index (χ3n) is 4.86. The molecule has 1 fully saturated rings. The molecule has 0 aliphatic heterocycles. The highest BCUT2D eigenvalue weighted by molar-refractivity contribution is 5.76. The molecule has 2 heterocycles. The SMILES string of the molecule is NC1CCC(NCc2cnc3c(-c4ccccc4)cnn3c2)CC1. The highest BCUT2D eigenvalue weighted by Gasteiger charge is 2.18. The summed E-state index contributed by atoms with van der Waals surface area (Å²) in [6, 6.07) is 11.2. The molecule has 1 aliphatic carbocycles. The van der Waals surface area contributed by atoms with E-state index in [2.05, 4.69) is 33.7 Å². The molecular formula is C19H23N5. The number of fused-ring (bicyclic) bond motifs is 1. The maximum atomic E-state index is 5.97. The number of nitrogens with zero attached hydrogens (tertiary/aromatic N) is 3. The van der Waals surface area contributed by atoms with Crippen molar-refractivity contribution in [2.45, 2.75) is 44.3 Å². The van der Waals surface area contributed by atoms with E-state index in [4.69, 9.17) is 5.73 Å². The molecular weight excluding hydrogens is 298 g/mol. The van der Waals surface area contributed by atoms with E-state index in [0.29, 0.717) is 12.1 Å². The number of benzene rings is 1. The Labute approximate surface area is 141 Å². The highest BCUT2D eigenvalue weighted by Crippen LogP contribution is 2.23. The third-order valence-corrected chi connectivity index (χ3v) is 4.86. The van der Waals surface area contributed by atoms with Crippen LogP contribution in [0.2, 0.25) is 0 Å². The Morgan fingerprint density at radius 2 is 1.88 bits per heavy atom. The second-order valence-electron chi connectivity index (χ2n) is 6.65. The van der Waals surface area contributed by atoms with Crippen LogP contribution in [0.5, 0.6) is 0 Å². The molecule has 0 atom stereocenters. The van der Waals surface area contributed by atoms with Gasteiger partial charge in [-0.1, -0.05) is 30.3 Å². The largest absolute Gasteiger partial charge is 0.328 e. The van der Waals surface area contributed by atoms with Crippen molar-refractivity contribution in [1.82, 2.24) is 19.9 Å². The first-order valence-electron chi connectivity index (χ1n) is 8.66. The van der Waals surface area contributed by atoms with Crippen LogP contribution in [0.15, 0.2) is 48.9 Å². The molecule has 0 amide bonds. The first-order chi connectivity index (χ1) is 11.8. The first kappa shape index (κ1) is 15.3. The zero-order valence-corrected chi connectivity index (χ0v) is 13.7. The molecule has 24 heavy (non-hydrogen) atoms. The van der Waals surface area contributed by atoms with Crippen molar-refractivity contribution in [3.63, 3.8) is 0 Å². The van der Waals surface area contributed by atoms with Gasteiger partial charge in [0.1, 0.15) is 0 Å². The fourth-order valence-corrected chi connectivity index (χ4v) is 3.41. The van der Waals surface area contributed by atoms with Crippen molar-refractivity contribution in [1.29, 1.82) is 0 Å². The van der Waals surface area contributed by atoms with E-state index in [0.717, 1.165) is 54.6 Å². The Morgan fingerprint density at radius 1 is 1.08 bits per heavy atom. The second-order valence-corrected chi connectivity index (χ2v) is 6.65. The minimum absolute atomic E-state index is 0.390. The van der Waals surface area contributed by atoms with E-state index in [9.17, 15) is 0 Å². The Hall–Kier alpha value is -2.24. The topological polar surface area (TPSA) is 68.2 Å². The van der Waals surface area contributed by atoms with Crippen LogP contribution in [0.25, 0.3) is 16.8 Å². The van der Waals surface area contributed by atoms with Crippen molar-refractivity contribution < 1.29 is 0 Å². The summed E-state index contributed by atoms with van der Waals surface area (Å²) in [5.41, 5.74) is 10.2. The summed E-state index contributed by atoms with van der Waals surface area (Å²) in [7, 11) is 0. The average molecular weight is 321 g/mol. The predicted octanol–water partition coefficient (Wildman–Crippen LogP) is 2.76. The fourth-order valence-electron chi connectivity index (χ4n) is 3.41. The van der Waals surface area contributed by atoms with Crippen LogP contribution in [0, 0.1) is 0 Å². The number of nitrogens with two attached hydrogens (primary N) is 1. The fraction of sp³-hybridized carbons (Fsp3) is 0.368. The lowest BCUT2D eigenvalue weighted by Gasteiger charge is -2.26. The molecule has 124 valence electrons. The Kier molecular flexibility index (Phi) is 4.28. The van der Waals surface area contributed by atoms with Gasteiger partial charge >= 0.3 is 0 Å². The number of aromatic nitrogens is 3. The van der Waals surface area contributed by atoms with Gasteiger partial charge in [-0.2, -0.15) is 5.10 Å². The molecule has 3 aromatic rings. The van der Waals surface area contributed by atoms with Crippen LogP contribution in [-0.4, -0.2) is 26.7 Å². The smallest absolute Gasteiger partial charge is 0.162 e. The Balaban J connectivity index is 1.48. The molecule has 1 aliphatic rings. The number of hydrogen-bond donors (Lipinski definition) is 2. The van der Waals surface area contributed by atoms with Gasteiger partial charge in [-0.15, -0.1) is 0 Å². The van der Waals surface area contributed by atoms with E-state index in [1.807, 2.05) is 35.1 Å². The average Bonchev–Trinajstić information content (AvgIpc) is 3.05. The van der Waals surface area contributed by atoms with Gasteiger partial charge in [-0.05, 0) is 31.2 Å². The van der Waals surface area contributed by atoms with E-state index < -0.39 is 0 Å². The van der Waals surface area contributed by atoms with Crippen molar-refractivity contribution >= 4 is 5.65 Å². The van der Waals surface area contributed by atoms with Gasteiger partial charge in [0, 0.05) is 42.1 Å². The quantitative estimate of drug-likeness (QED) is 0.775. The highest BCUT2D eigenvalue weighted by atomic mass is 15.2. The maximum absolute atomic E-state index is 5.97. The van der Waals surface area contributed by atoms with Crippen LogP contribution >= 0.6 is 0 Å². The Morgan fingerprint density at radius 3 is 2.67 bits per heavy atom. The molecule has 5 nitrogen and oxygen atoms in total. The Bertz CT molecular complexity index is 803. The third kappa shape index (κ3) is 3.18. The molecule has 0 spiro atoms. The van der Waals surface area contributed by atoms with Gasteiger partial charge in [0.05, 0.1) is 6.20 Å². The molecule has 0 radical (unpaired) electrons. The summed E-state index contributed by atoms with van der Waals surface area (Å²) >= 11 is 0. The normalized spacial score (nSPS) is 21.2. The molecule has 0 unspecified atom stereocenters.